The summed E-state index contributed by atoms with van der Waals surface area (Å²) in [6.07, 6.45) is -0.316. The second-order valence-corrected chi connectivity index (χ2v) is 4.07. The third kappa shape index (κ3) is 4.07. The molecular formula is C10H20Cl2N4O2. The topological polar surface area (TPSA) is 74.4 Å². The number of nitrogens with zero attached hydrogens (tertiary/aromatic N) is 3. The van der Waals surface area contributed by atoms with Gasteiger partial charge in [0.15, 0.2) is 0 Å². The molecular weight excluding hydrogens is 279 g/mol. The number of aliphatic hydroxyl groups excluding tert-OH is 1. The van der Waals surface area contributed by atoms with Crippen LogP contribution in [0.3, 0.4) is 0 Å². The van der Waals surface area contributed by atoms with Crippen molar-refractivity contribution in [1.82, 2.24) is 20.4 Å². The number of aryl methyl sites for hydroxylation is 1. The Morgan fingerprint density at radius 1 is 1.39 bits per heavy atom. The first-order valence-electron chi connectivity index (χ1n) is 5.62. The summed E-state index contributed by atoms with van der Waals surface area (Å²) in [4.78, 5) is 2.15. The van der Waals surface area contributed by atoms with Crippen LogP contribution < -0.4 is 5.32 Å². The molecule has 0 bridgehead atoms. The molecule has 2 atom stereocenters. The average Bonchev–Trinajstić information content (AvgIpc) is 2.84. The predicted molar refractivity (Wildman–Crippen MR) is 72.3 cm³/mol. The molecule has 1 aromatic rings. The summed E-state index contributed by atoms with van der Waals surface area (Å²) in [5, 5.41) is 20.7. The van der Waals surface area contributed by atoms with Gasteiger partial charge in [-0.2, -0.15) is 0 Å². The summed E-state index contributed by atoms with van der Waals surface area (Å²) < 4.78 is 5.34. The van der Waals surface area contributed by atoms with Gasteiger partial charge in [0.2, 0.25) is 11.8 Å². The molecule has 2 N–H and O–H groups in total. The van der Waals surface area contributed by atoms with Crippen molar-refractivity contribution in [2.24, 2.45) is 0 Å². The number of halogens is 2. The highest BCUT2D eigenvalue weighted by atomic mass is 35.5. The van der Waals surface area contributed by atoms with E-state index in [9.17, 15) is 5.11 Å². The van der Waals surface area contributed by atoms with E-state index in [0.29, 0.717) is 24.9 Å². The monoisotopic (exact) mass is 298 g/mol. The molecule has 0 amide bonds. The zero-order chi connectivity index (χ0) is 11.5. The summed E-state index contributed by atoms with van der Waals surface area (Å²) >= 11 is 0. The molecule has 0 radical (unpaired) electrons. The fourth-order valence-corrected chi connectivity index (χ4v) is 2.06. The van der Waals surface area contributed by atoms with Gasteiger partial charge in [-0.05, 0) is 6.54 Å². The molecule has 106 valence electrons. The molecule has 1 fully saturated rings. The van der Waals surface area contributed by atoms with Crippen molar-refractivity contribution in [2.45, 2.75) is 32.5 Å². The van der Waals surface area contributed by atoms with Gasteiger partial charge in [0.1, 0.15) is 0 Å². The standard InChI is InChI=1S/C10H18N4O2.2ClH/c1-3-14(8-4-11-5-9(8)15)6-10-13-12-7(2)16-10;;/h8-9,11,15H,3-6H2,1-2H3;2*1H. The Balaban J connectivity index is 0.00000144. The van der Waals surface area contributed by atoms with Gasteiger partial charge in [0.05, 0.1) is 12.6 Å². The zero-order valence-corrected chi connectivity index (χ0v) is 12.1. The van der Waals surface area contributed by atoms with Gasteiger partial charge >= 0.3 is 0 Å². The third-order valence-electron chi connectivity index (χ3n) is 2.93. The molecule has 0 aliphatic carbocycles. The molecule has 1 aliphatic heterocycles. The molecule has 0 aromatic carbocycles. The Morgan fingerprint density at radius 3 is 2.56 bits per heavy atom. The van der Waals surface area contributed by atoms with E-state index in [4.69, 9.17) is 4.42 Å². The number of nitrogens with one attached hydrogen (secondary N) is 1. The van der Waals surface area contributed by atoms with E-state index in [1.807, 2.05) is 0 Å². The summed E-state index contributed by atoms with van der Waals surface area (Å²) in [5.41, 5.74) is 0. The molecule has 0 saturated carbocycles. The highest BCUT2D eigenvalue weighted by Gasteiger charge is 2.30. The van der Waals surface area contributed by atoms with Crippen molar-refractivity contribution >= 4 is 24.8 Å². The SMILES string of the molecule is CCN(Cc1nnc(C)o1)C1CNCC1O.Cl.Cl. The lowest BCUT2D eigenvalue weighted by Crippen LogP contribution is -2.42. The maximum absolute atomic E-state index is 9.80. The number of rotatable bonds is 4. The van der Waals surface area contributed by atoms with Crippen molar-refractivity contribution in [2.75, 3.05) is 19.6 Å². The van der Waals surface area contributed by atoms with Crippen molar-refractivity contribution < 1.29 is 9.52 Å². The van der Waals surface area contributed by atoms with E-state index >= 15 is 0 Å². The van der Waals surface area contributed by atoms with Gasteiger partial charge in [-0.3, -0.25) is 4.90 Å². The lowest BCUT2D eigenvalue weighted by atomic mass is 10.2. The van der Waals surface area contributed by atoms with Crippen LogP contribution in [0, 0.1) is 6.92 Å². The smallest absolute Gasteiger partial charge is 0.230 e. The first-order valence-corrected chi connectivity index (χ1v) is 5.62. The number of hydrogen-bond acceptors (Lipinski definition) is 6. The molecule has 2 unspecified atom stereocenters. The summed E-state index contributed by atoms with van der Waals surface area (Å²) in [6, 6.07) is 0.136. The Labute approximate surface area is 119 Å². The first kappa shape index (κ1) is 17.6. The molecule has 8 heteroatoms. The first-order chi connectivity index (χ1) is 7.70. The summed E-state index contributed by atoms with van der Waals surface area (Å²) in [6.45, 7) is 6.75. The number of β-amino-alcohol motifs (C(OH)–C–C–N with tert-alkyl or cyclic N) is 1. The predicted octanol–water partition coefficient (Wildman–Crippen LogP) is 0.376. The fraction of sp³-hybridized carbons (Fsp3) is 0.800. The summed E-state index contributed by atoms with van der Waals surface area (Å²) in [7, 11) is 0. The van der Waals surface area contributed by atoms with Crippen LogP contribution in [0.2, 0.25) is 0 Å². The van der Waals surface area contributed by atoms with Crippen LogP contribution in [0.15, 0.2) is 4.42 Å². The minimum absolute atomic E-state index is 0. The zero-order valence-electron chi connectivity index (χ0n) is 10.5. The quantitative estimate of drug-likeness (QED) is 0.837. The van der Waals surface area contributed by atoms with Gasteiger partial charge in [-0.1, -0.05) is 6.92 Å². The maximum Gasteiger partial charge on any atom is 0.230 e. The lowest BCUT2D eigenvalue weighted by molar-refractivity contribution is 0.0761. The Kier molecular flexibility index (Phi) is 7.73. The van der Waals surface area contributed by atoms with Crippen molar-refractivity contribution in [3.63, 3.8) is 0 Å². The van der Waals surface area contributed by atoms with Gasteiger partial charge in [0, 0.05) is 26.1 Å². The molecule has 2 rings (SSSR count). The van der Waals surface area contributed by atoms with Gasteiger partial charge in [-0.15, -0.1) is 35.0 Å². The maximum atomic E-state index is 9.80. The van der Waals surface area contributed by atoms with E-state index in [1.54, 1.807) is 6.92 Å². The van der Waals surface area contributed by atoms with E-state index in [2.05, 4.69) is 27.3 Å². The minimum Gasteiger partial charge on any atom is -0.424 e. The summed E-state index contributed by atoms with van der Waals surface area (Å²) in [5.74, 6) is 1.19. The van der Waals surface area contributed by atoms with Crippen LogP contribution in [0.4, 0.5) is 0 Å². The van der Waals surface area contributed by atoms with Crippen molar-refractivity contribution in [3.05, 3.63) is 11.8 Å². The van der Waals surface area contributed by atoms with Crippen LogP contribution in [-0.4, -0.2) is 52.0 Å². The molecule has 2 heterocycles. The van der Waals surface area contributed by atoms with Gasteiger partial charge < -0.3 is 14.8 Å². The number of aliphatic hydroxyl groups is 1. The van der Waals surface area contributed by atoms with Crippen LogP contribution >= 0.6 is 24.8 Å². The van der Waals surface area contributed by atoms with E-state index < -0.39 is 0 Å². The molecule has 6 nitrogen and oxygen atoms in total. The van der Waals surface area contributed by atoms with Crippen molar-refractivity contribution in [3.8, 4) is 0 Å². The van der Waals surface area contributed by atoms with E-state index in [1.165, 1.54) is 0 Å². The lowest BCUT2D eigenvalue weighted by Gasteiger charge is -2.27. The highest BCUT2D eigenvalue weighted by Crippen LogP contribution is 2.12. The third-order valence-corrected chi connectivity index (χ3v) is 2.93. The van der Waals surface area contributed by atoms with Crippen LogP contribution in [0.1, 0.15) is 18.7 Å². The largest absolute Gasteiger partial charge is 0.424 e. The van der Waals surface area contributed by atoms with Crippen LogP contribution in [0.5, 0.6) is 0 Å². The highest BCUT2D eigenvalue weighted by molar-refractivity contribution is 5.85. The van der Waals surface area contributed by atoms with Crippen molar-refractivity contribution in [1.29, 1.82) is 0 Å². The van der Waals surface area contributed by atoms with E-state index in [-0.39, 0.29) is 37.0 Å². The molecule has 1 aliphatic rings. The number of hydrogen-bond donors (Lipinski definition) is 2. The Morgan fingerprint density at radius 2 is 2.11 bits per heavy atom. The fourth-order valence-electron chi connectivity index (χ4n) is 2.06. The van der Waals surface area contributed by atoms with Crippen LogP contribution in [0.25, 0.3) is 0 Å². The van der Waals surface area contributed by atoms with Gasteiger partial charge in [0.25, 0.3) is 0 Å². The second-order valence-electron chi connectivity index (χ2n) is 4.07. The number of likely N-dealkylation sites (N-methyl/N-ethyl adjacent to an activating group) is 1. The van der Waals surface area contributed by atoms with Crippen LogP contribution in [-0.2, 0) is 6.54 Å². The molecule has 0 spiro atoms. The normalized spacial score (nSPS) is 22.7. The minimum atomic E-state index is -0.316. The molecule has 18 heavy (non-hydrogen) atoms. The second kappa shape index (κ2) is 7.91. The van der Waals surface area contributed by atoms with E-state index in [0.717, 1.165) is 13.1 Å². The Bertz CT molecular complexity index is 350. The Hall–Kier alpha value is -0.400. The average molecular weight is 299 g/mol. The molecule has 1 saturated heterocycles. The number of aromatic nitrogens is 2. The molecule has 1 aromatic heterocycles. The van der Waals surface area contributed by atoms with Gasteiger partial charge in [-0.25, -0.2) is 0 Å².